The molecule has 0 amide bonds. The Kier molecular flexibility index (Phi) is 11.0. The third kappa shape index (κ3) is 7.47. The fourth-order valence-electron chi connectivity index (χ4n) is 3.61. The lowest BCUT2D eigenvalue weighted by atomic mass is 10.0. The van der Waals surface area contributed by atoms with Gasteiger partial charge in [0.1, 0.15) is 0 Å². The van der Waals surface area contributed by atoms with Crippen molar-refractivity contribution in [3.63, 3.8) is 0 Å². The smallest absolute Gasteiger partial charge is 0.377 e. The van der Waals surface area contributed by atoms with Gasteiger partial charge in [0.2, 0.25) is 0 Å². The van der Waals surface area contributed by atoms with Crippen LogP contribution >= 0.6 is 0 Å². The van der Waals surface area contributed by atoms with Gasteiger partial charge >= 0.3 is 8.80 Å². The monoisotopic (exact) mass is 428 g/mol. The van der Waals surface area contributed by atoms with Crippen LogP contribution in [0, 0.1) is 0 Å². The summed E-state index contributed by atoms with van der Waals surface area (Å²) in [7, 11) is 2.50. The van der Waals surface area contributed by atoms with Crippen LogP contribution in [0.5, 0.6) is 0 Å². The van der Waals surface area contributed by atoms with E-state index in [-0.39, 0.29) is 6.04 Å². The Morgan fingerprint density at radius 2 is 1.53 bits per heavy atom. The molecule has 0 aliphatic carbocycles. The fraction of sp³-hybridized carbons (Fsp3) is 0.417. The largest absolute Gasteiger partial charge is 0.500 e. The summed E-state index contributed by atoms with van der Waals surface area (Å²) in [5.74, 6) is 0. The number of hydrogen-bond donors (Lipinski definition) is 1. The predicted molar refractivity (Wildman–Crippen MR) is 125 cm³/mol. The minimum absolute atomic E-state index is 0.170. The van der Waals surface area contributed by atoms with Gasteiger partial charge in [-0.15, -0.1) is 6.58 Å². The zero-order valence-electron chi connectivity index (χ0n) is 18.5. The standard InChI is InChI=1S/C24H36N2O3Si/c1-5-24(23-15-10-7-11-16-23)26(21-22-13-8-6-9-14-22)19-18-25-17-12-20-30(27-2,28-3)29-4/h5-11,13-16,24-25H,1,12,17-21H2,2-4H3. The van der Waals surface area contributed by atoms with E-state index in [1.54, 1.807) is 21.3 Å². The zero-order valence-corrected chi connectivity index (χ0v) is 19.5. The highest BCUT2D eigenvalue weighted by Crippen LogP contribution is 2.23. The van der Waals surface area contributed by atoms with Crippen LogP contribution in [0.2, 0.25) is 6.04 Å². The molecule has 0 radical (unpaired) electrons. The van der Waals surface area contributed by atoms with Crippen molar-refractivity contribution in [3.8, 4) is 0 Å². The second-order valence-electron chi connectivity index (χ2n) is 7.20. The highest BCUT2D eigenvalue weighted by molar-refractivity contribution is 6.60. The van der Waals surface area contributed by atoms with Crippen LogP contribution in [-0.2, 0) is 19.8 Å². The summed E-state index contributed by atoms with van der Waals surface area (Å²) in [6, 6.07) is 22.1. The molecule has 1 N–H and O–H groups in total. The zero-order chi connectivity index (χ0) is 21.7. The van der Waals surface area contributed by atoms with Gasteiger partial charge in [-0.3, -0.25) is 4.90 Å². The van der Waals surface area contributed by atoms with Gasteiger partial charge in [-0.25, -0.2) is 0 Å². The Labute approximate surface area is 183 Å². The number of benzene rings is 2. The van der Waals surface area contributed by atoms with Crippen molar-refractivity contribution < 1.29 is 13.3 Å². The Bertz CT molecular complexity index is 703. The van der Waals surface area contributed by atoms with Gasteiger partial charge in [-0.05, 0) is 24.1 Å². The summed E-state index contributed by atoms with van der Waals surface area (Å²) in [6.07, 6.45) is 2.98. The number of hydrogen-bond acceptors (Lipinski definition) is 5. The minimum Gasteiger partial charge on any atom is -0.377 e. The van der Waals surface area contributed by atoms with Crippen LogP contribution in [0.1, 0.15) is 23.6 Å². The van der Waals surface area contributed by atoms with Crippen LogP contribution < -0.4 is 5.32 Å². The number of rotatable bonds is 15. The van der Waals surface area contributed by atoms with E-state index in [0.717, 1.165) is 38.6 Å². The van der Waals surface area contributed by atoms with Crippen molar-refractivity contribution in [1.29, 1.82) is 0 Å². The third-order valence-corrected chi connectivity index (χ3v) is 8.16. The summed E-state index contributed by atoms with van der Waals surface area (Å²) in [5.41, 5.74) is 2.57. The molecule has 0 heterocycles. The first-order valence-corrected chi connectivity index (χ1v) is 12.4. The summed E-state index contributed by atoms with van der Waals surface area (Å²) in [6.45, 7) is 7.70. The van der Waals surface area contributed by atoms with E-state index in [1.807, 2.05) is 6.08 Å². The molecule has 0 saturated carbocycles. The molecule has 164 valence electrons. The molecule has 2 aromatic rings. The van der Waals surface area contributed by atoms with Gasteiger partial charge in [-0.2, -0.15) is 0 Å². The van der Waals surface area contributed by atoms with Gasteiger partial charge in [0.05, 0.1) is 6.04 Å². The van der Waals surface area contributed by atoms with Crippen molar-refractivity contribution in [1.82, 2.24) is 10.2 Å². The molecular weight excluding hydrogens is 392 g/mol. The Morgan fingerprint density at radius 1 is 0.933 bits per heavy atom. The van der Waals surface area contributed by atoms with E-state index in [0.29, 0.717) is 0 Å². The van der Waals surface area contributed by atoms with Gasteiger partial charge in [-0.1, -0.05) is 66.7 Å². The van der Waals surface area contributed by atoms with E-state index >= 15 is 0 Å². The lowest BCUT2D eigenvalue weighted by Crippen LogP contribution is -2.43. The number of nitrogens with zero attached hydrogens (tertiary/aromatic N) is 1. The van der Waals surface area contributed by atoms with E-state index in [1.165, 1.54) is 11.1 Å². The van der Waals surface area contributed by atoms with Crippen LogP contribution in [-0.4, -0.2) is 54.7 Å². The molecule has 6 heteroatoms. The van der Waals surface area contributed by atoms with E-state index < -0.39 is 8.80 Å². The van der Waals surface area contributed by atoms with Crippen LogP contribution in [0.3, 0.4) is 0 Å². The second-order valence-corrected chi connectivity index (χ2v) is 10.3. The summed E-state index contributed by atoms with van der Waals surface area (Å²) >= 11 is 0. The molecule has 2 aromatic carbocycles. The van der Waals surface area contributed by atoms with Crippen molar-refractivity contribution in [3.05, 3.63) is 84.4 Å². The Hall–Kier alpha value is -1.80. The van der Waals surface area contributed by atoms with Crippen LogP contribution in [0.15, 0.2) is 73.3 Å². The average Bonchev–Trinajstić information content (AvgIpc) is 2.81. The molecule has 0 aliphatic heterocycles. The molecule has 0 spiro atoms. The molecule has 5 nitrogen and oxygen atoms in total. The van der Waals surface area contributed by atoms with E-state index in [4.69, 9.17) is 13.3 Å². The third-order valence-electron chi connectivity index (χ3n) is 5.33. The highest BCUT2D eigenvalue weighted by atomic mass is 28.4. The topological polar surface area (TPSA) is 43.0 Å². The lowest BCUT2D eigenvalue weighted by Gasteiger charge is -2.30. The van der Waals surface area contributed by atoms with Gasteiger partial charge in [0.15, 0.2) is 0 Å². The lowest BCUT2D eigenvalue weighted by molar-refractivity contribution is 0.123. The highest BCUT2D eigenvalue weighted by Gasteiger charge is 2.36. The molecule has 30 heavy (non-hydrogen) atoms. The normalized spacial score (nSPS) is 12.8. The summed E-state index contributed by atoms with van der Waals surface area (Å²) < 4.78 is 16.5. The quantitative estimate of drug-likeness (QED) is 0.261. The Morgan fingerprint density at radius 3 is 2.10 bits per heavy atom. The van der Waals surface area contributed by atoms with Crippen molar-refractivity contribution in [2.75, 3.05) is 41.0 Å². The van der Waals surface area contributed by atoms with Crippen molar-refractivity contribution in [2.24, 2.45) is 0 Å². The van der Waals surface area contributed by atoms with Crippen LogP contribution in [0.25, 0.3) is 0 Å². The van der Waals surface area contributed by atoms with E-state index in [2.05, 4.69) is 77.5 Å². The first-order valence-electron chi connectivity index (χ1n) is 10.5. The van der Waals surface area contributed by atoms with Crippen LogP contribution in [0.4, 0.5) is 0 Å². The molecule has 2 rings (SSSR count). The summed E-state index contributed by atoms with van der Waals surface area (Å²) in [4.78, 5) is 2.46. The molecule has 0 fully saturated rings. The second kappa shape index (κ2) is 13.5. The molecule has 0 aliphatic rings. The molecule has 0 bridgehead atoms. The molecule has 0 saturated heterocycles. The Balaban J connectivity index is 1.92. The molecule has 1 unspecified atom stereocenters. The SMILES string of the molecule is C=CC(c1ccccc1)N(CCNCCC[Si](OC)(OC)OC)Cc1ccccc1. The maximum absolute atomic E-state index is 5.49. The first kappa shape index (κ1) is 24.5. The molecule has 0 aromatic heterocycles. The molecule has 1 atom stereocenters. The maximum Gasteiger partial charge on any atom is 0.500 e. The van der Waals surface area contributed by atoms with Gasteiger partial charge in [0.25, 0.3) is 0 Å². The predicted octanol–water partition coefficient (Wildman–Crippen LogP) is 4.27. The summed E-state index contributed by atoms with van der Waals surface area (Å²) in [5, 5.41) is 3.56. The van der Waals surface area contributed by atoms with Gasteiger partial charge < -0.3 is 18.6 Å². The van der Waals surface area contributed by atoms with E-state index in [9.17, 15) is 0 Å². The minimum atomic E-state index is -2.48. The first-order chi connectivity index (χ1) is 14.7. The van der Waals surface area contributed by atoms with Crippen molar-refractivity contribution in [2.45, 2.75) is 25.1 Å². The van der Waals surface area contributed by atoms with Crippen molar-refractivity contribution >= 4 is 8.80 Å². The number of nitrogens with one attached hydrogen (secondary N) is 1. The fourth-order valence-corrected chi connectivity index (χ4v) is 5.34. The average molecular weight is 429 g/mol. The van der Waals surface area contributed by atoms with Gasteiger partial charge in [0, 0.05) is 47.0 Å². The molecular formula is C24H36N2O3Si. The maximum atomic E-state index is 5.49.